The lowest BCUT2D eigenvalue weighted by atomic mass is 9.78. The Labute approximate surface area is 123 Å². The van der Waals surface area contributed by atoms with Crippen molar-refractivity contribution in [3.8, 4) is 0 Å². The Kier molecular flexibility index (Phi) is 3.47. The van der Waals surface area contributed by atoms with E-state index in [2.05, 4.69) is 40.1 Å². The monoisotopic (exact) mass is 281 g/mol. The standard InChI is InChI=1S/C17H31NO2/c1-15(2)14(16(15,3)4)13(18-5)12-6-8-20-17(10-12)7-9-19-11-17/h12-14,18H,6-11H2,1-5H3. The molecule has 2 heterocycles. The molecule has 3 unspecified atom stereocenters. The van der Waals surface area contributed by atoms with E-state index in [0.717, 1.165) is 38.1 Å². The third kappa shape index (κ3) is 2.05. The average Bonchev–Trinajstić information content (AvgIpc) is 2.71. The fraction of sp³-hybridized carbons (Fsp3) is 1.00. The van der Waals surface area contributed by atoms with Gasteiger partial charge in [-0.25, -0.2) is 0 Å². The molecule has 0 bridgehead atoms. The first-order valence-electron chi connectivity index (χ1n) is 8.23. The predicted molar refractivity (Wildman–Crippen MR) is 80.7 cm³/mol. The van der Waals surface area contributed by atoms with Crippen LogP contribution in [0.4, 0.5) is 0 Å². The summed E-state index contributed by atoms with van der Waals surface area (Å²) >= 11 is 0. The van der Waals surface area contributed by atoms with Gasteiger partial charge in [0.05, 0.1) is 12.2 Å². The van der Waals surface area contributed by atoms with Gasteiger partial charge >= 0.3 is 0 Å². The summed E-state index contributed by atoms with van der Waals surface area (Å²) in [5.41, 5.74) is 0.915. The predicted octanol–water partition coefficient (Wildman–Crippen LogP) is 2.84. The summed E-state index contributed by atoms with van der Waals surface area (Å²) in [5, 5.41) is 3.65. The highest BCUT2D eigenvalue weighted by Gasteiger charge is 2.68. The van der Waals surface area contributed by atoms with Gasteiger partial charge in [-0.1, -0.05) is 27.7 Å². The summed E-state index contributed by atoms with van der Waals surface area (Å²) in [6, 6.07) is 0.612. The largest absolute Gasteiger partial charge is 0.378 e. The second-order valence-electron chi connectivity index (χ2n) is 8.32. The van der Waals surface area contributed by atoms with E-state index >= 15 is 0 Å². The van der Waals surface area contributed by atoms with Crippen LogP contribution in [0.2, 0.25) is 0 Å². The number of hydrogen-bond acceptors (Lipinski definition) is 3. The molecule has 2 aliphatic heterocycles. The zero-order chi connectivity index (χ0) is 14.6. The summed E-state index contributed by atoms with van der Waals surface area (Å²) in [4.78, 5) is 0. The highest BCUT2D eigenvalue weighted by atomic mass is 16.6. The zero-order valence-corrected chi connectivity index (χ0v) is 13.8. The third-order valence-corrected chi connectivity index (χ3v) is 6.93. The lowest BCUT2D eigenvalue weighted by molar-refractivity contribution is -0.104. The molecule has 0 aromatic rings. The van der Waals surface area contributed by atoms with Crippen LogP contribution in [0.3, 0.4) is 0 Å². The molecule has 0 radical (unpaired) electrons. The summed E-state index contributed by atoms with van der Waals surface area (Å²) in [6.45, 7) is 12.3. The Morgan fingerprint density at radius 2 is 1.80 bits per heavy atom. The molecule has 116 valence electrons. The molecule has 3 atom stereocenters. The molecule has 1 N–H and O–H groups in total. The molecule has 1 spiro atoms. The van der Waals surface area contributed by atoms with Crippen molar-refractivity contribution in [3.05, 3.63) is 0 Å². The van der Waals surface area contributed by atoms with Crippen LogP contribution < -0.4 is 5.32 Å². The molecule has 1 saturated carbocycles. The van der Waals surface area contributed by atoms with Gasteiger partial charge in [0.25, 0.3) is 0 Å². The van der Waals surface area contributed by atoms with Gasteiger partial charge in [-0.2, -0.15) is 0 Å². The molecule has 3 heteroatoms. The van der Waals surface area contributed by atoms with E-state index in [1.54, 1.807) is 0 Å². The van der Waals surface area contributed by atoms with E-state index in [0.29, 0.717) is 16.9 Å². The van der Waals surface area contributed by atoms with Gasteiger partial charge in [-0.3, -0.25) is 0 Å². The fourth-order valence-corrected chi connectivity index (χ4v) is 5.06. The Bertz CT molecular complexity index is 357. The minimum Gasteiger partial charge on any atom is -0.378 e. The number of nitrogens with one attached hydrogen (secondary N) is 1. The van der Waals surface area contributed by atoms with E-state index in [-0.39, 0.29) is 5.60 Å². The lowest BCUT2D eigenvalue weighted by Crippen LogP contribution is -2.48. The first kappa shape index (κ1) is 14.8. The second-order valence-corrected chi connectivity index (χ2v) is 8.32. The van der Waals surface area contributed by atoms with Gasteiger partial charge in [0.1, 0.15) is 0 Å². The van der Waals surface area contributed by atoms with E-state index in [4.69, 9.17) is 9.47 Å². The van der Waals surface area contributed by atoms with Crippen LogP contribution in [0.5, 0.6) is 0 Å². The van der Waals surface area contributed by atoms with Gasteiger partial charge in [-0.15, -0.1) is 0 Å². The smallest absolute Gasteiger partial charge is 0.0939 e. The van der Waals surface area contributed by atoms with E-state index in [1.807, 2.05) is 0 Å². The van der Waals surface area contributed by atoms with Crippen molar-refractivity contribution in [1.82, 2.24) is 5.32 Å². The molecule has 3 fully saturated rings. The maximum Gasteiger partial charge on any atom is 0.0939 e. The zero-order valence-electron chi connectivity index (χ0n) is 13.8. The Balaban J connectivity index is 1.74. The molecule has 3 aliphatic rings. The molecular formula is C17H31NO2. The average molecular weight is 281 g/mol. The number of rotatable bonds is 3. The van der Waals surface area contributed by atoms with E-state index < -0.39 is 0 Å². The number of hydrogen-bond donors (Lipinski definition) is 1. The summed E-state index contributed by atoms with van der Waals surface area (Å²) in [7, 11) is 2.14. The first-order chi connectivity index (χ1) is 9.34. The summed E-state index contributed by atoms with van der Waals surface area (Å²) in [5.74, 6) is 1.49. The maximum atomic E-state index is 6.10. The van der Waals surface area contributed by atoms with Gasteiger partial charge in [0, 0.05) is 25.7 Å². The molecule has 0 aromatic carbocycles. The molecule has 20 heavy (non-hydrogen) atoms. The molecule has 1 aliphatic carbocycles. The van der Waals surface area contributed by atoms with Crippen molar-refractivity contribution in [1.29, 1.82) is 0 Å². The molecule has 0 aromatic heterocycles. The Morgan fingerprint density at radius 3 is 2.30 bits per heavy atom. The number of ether oxygens (including phenoxy) is 2. The minimum absolute atomic E-state index is 0.0290. The van der Waals surface area contributed by atoms with Crippen LogP contribution in [0, 0.1) is 22.7 Å². The van der Waals surface area contributed by atoms with Crippen molar-refractivity contribution in [2.75, 3.05) is 26.9 Å². The van der Waals surface area contributed by atoms with Crippen LogP contribution in [-0.4, -0.2) is 38.5 Å². The van der Waals surface area contributed by atoms with E-state index in [1.165, 1.54) is 12.8 Å². The lowest BCUT2D eigenvalue weighted by Gasteiger charge is -2.41. The molecule has 3 nitrogen and oxygen atoms in total. The van der Waals surface area contributed by atoms with Gasteiger partial charge < -0.3 is 14.8 Å². The van der Waals surface area contributed by atoms with Crippen molar-refractivity contribution in [3.63, 3.8) is 0 Å². The maximum absolute atomic E-state index is 6.10. The highest BCUT2D eigenvalue weighted by molar-refractivity contribution is 5.17. The van der Waals surface area contributed by atoms with Gasteiger partial charge in [0.2, 0.25) is 0 Å². The summed E-state index contributed by atoms with van der Waals surface area (Å²) in [6.07, 6.45) is 3.44. The van der Waals surface area contributed by atoms with Crippen LogP contribution >= 0.6 is 0 Å². The third-order valence-electron chi connectivity index (χ3n) is 6.93. The second kappa shape index (κ2) is 4.69. The van der Waals surface area contributed by atoms with E-state index in [9.17, 15) is 0 Å². The molecule has 0 amide bonds. The summed E-state index contributed by atoms with van der Waals surface area (Å²) < 4.78 is 11.7. The van der Waals surface area contributed by atoms with Gasteiger partial charge in [-0.05, 0) is 42.6 Å². The normalized spacial score (nSPS) is 41.0. The van der Waals surface area contributed by atoms with Crippen molar-refractivity contribution >= 4 is 0 Å². The van der Waals surface area contributed by atoms with Crippen LogP contribution in [-0.2, 0) is 9.47 Å². The highest BCUT2D eigenvalue weighted by Crippen LogP contribution is 2.70. The van der Waals surface area contributed by atoms with Crippen molar-refractivity contribution in [2.45, 2.75) is 58.6 Å². The molecule has 3 rings (SSSR count). The van der Waals surface area contributed by atoms with Crippen molar-refractivity contribution < 1.29 is 9.47 Å². The van der Waals surface area contributed by atoms with Gasteiger partial charge in [0.15, 0.2) is 0 Å². The topological polar surface area (TPSA) is 30.5 Å². The van der Waals surface area contributed by atoms with Crippen LogP contribution in [0.1, 0.15) is 47.0 Å². The SMILES string of the molecule is CNC(C1CCOC2(CCOC2)C1)C1C(C)(C)C1(C)C. The quantitative estimate of drug-likeness (QED) is 0.863. The Hall–Kier alpha value is -0.120. The Morgan fingerprint density at radius 1 is 1.10 bits per heavy atom. The van der Waals surface area contributed by atoms with Crippen LogP contribution in [0.15, 0.2) is 0 Å². The minimum atomic E-state index is 0.0290. The fourth-order valence-electron chi connectivity index (χ4n) is 5.06. The molecule has 2 saturated heterocycles. The molecular weight excluding hydrogens is 250 g/mol. The van der Waals surface area contributed by atoms with Crippen molar-refractivity contribution in [2.24, 2.45) is 22.7 Å². The first-order valence-corrected chi connectivity index (χ1v) is 8.23. The van der Waals surface area contributed by atoms with Crippen LogP contribution in [0.25, 0.3) is 0 Å².